The molecule has 22 heavy (non-hydrogen) atoms. The van der Waals surface area contributed by atoms with E-state index in [1.54, 1.807) is 0 Å². The van der Waals surface area contributed by atoms with Gasteiger partial charge < -0.3 is 87.7 Å². The molecule has 17 nitrogen and oxygen atoms in total. The van der Waals surface area contributed by atoms with Gasteiger partial charge in [-0.1, -0.05) is 0 Å². The molecule has 0 fully saturated rings. The molecule has 0 aromatic carbocycles. The van der Waals surface area contributed by atoms with Gasteiger partial charge in [-0.15, -0.1) is 0 Å². The number of hydrogen-bond donors (Lipinski definition) is 17. The third-order valence-corrected chi connectivity index (χ3v) is 0. The van der Waals surface area contributed by atoms with Crippen molar-refractivity contribution in [2.75, 3.05) is 0 Å². The van der Waals surface area contributed by atoms with Crippen LogP contribution >= 0.6 is 0 Å². The molecule has 21 N–H and O–H groups in total. The van der Waals surface area contributed by atoms with Crippen molar-refractivity contribution in [1.29, 1.82) is 0 Å². The van der Waals surface area contributed by atoms with Gasteiger partial charge in [0.2, 0.25) is 0 Å². The molecule has 0 rings (SSSR count). The van der Waals surface area contributed by atoms with Gasteiger partial charge in [-0.25, -0.2) is 0 Å². The van der Waals surface area contributed by atoms with Gasteiger partial charge in [0.05, 0.1) is 0 Å². The van der Waals surface area contributed by atoms with Crippen LogP contribution in [0.15, 0.2) is 0 Å². The van der Waals surface area contributed by atoms with Crippen LogP contribution in [0.4, 0.5) is 0 Å². The summed E-state index contributed by atoms with van der Waals surface area (Å²) in [5.74, 6) is 0. The summed E-state index contributed by atoms with van der Waals surface area (Å²) in [6.45, 7) is 0. The van der Waals surface area contributed by atoms with E-state index >= 15 is 0 Å². The molecule has 0 aliphatic rings. The van der Waals surface area contributed by atoms with E-state index in [9.17, 15) is 0 Å². The Morgan fingerprint density at radius 2 is 0.227 bits per heavy atom. The van der Waals surface area contributed by atoms with Gasteiger partial charge in [0.1, 0.15) is 0 Å². The molecule has 136 valence electrons. The lowest BCUT2D eigenvalue weighted by Gasteiger charge is -1.69. The Hall–Kier alpha value is -0.355. The summed E-state index contributed by atoms with van der Waals surface area (Å²) in [5.41, 5.74) is 0. The summed E-state index contributed by atoms with van der Waals surface area (Å²) in [6, 6.07) is 0. The van der Waals surface area contributed by atoms with Crippen LogP contribution in [0.1, 0.15) is 0 Å². The molecule has 0 aromatic heterocycles. The highest BCUT2D eigenvalue weighted by Crippen LogP contribution is 1.41. The predicted octanol–water partition coefficient (Wildman–Crippen LogP) is -9.93. The van der Waals surface area contributed by atoms with Crippen molar-refractivity contribution in [3.05, 3.63) is 0 Å². The van der Waals surface area contributed by atoms with Gasteiger partial charge in [0.15, 0.2) is 0 Å². The largest absolute Gasteiger partial charge is 0.631 e. The van der Waals surface area contributed by atoms with E-state index in [0.717, 1.165) is 0 Å². The van der Waals surface area contributed by atoms with Gasteiger partial charge in [0.25, 0.3) is 0 Å². The fourth-order valence-corrected chi connectivity index (χ4v) is 0. The predicted molar refractivity (Wildman–Crippen MR) is 72.1 cm³/mol. The minimum Gasteiger partial charge on any atom is -0.402 e. The van der Waals surface area contributed by atoms with Gasteiger partial charge in [-0.2, -0.15) is 0 Å². The molecule has 0 amide bonds. The smallest absolute Gasteiger partial charge is 0.402 e. The Bertz CT molecular complexity index is 84.5. The summed E-state index contributed by atoms with van der Waals surface area (Å²) in [7, 11) is -10.8. The third-order valence-electron chi connectivity index (χ3n) is 0. The maximum atomic E-state index is 7.17. The fourth-order valence-electron chi connectivity index (χ4n) is 0. The molecule has 0 saturated heterocycles. The number of rotatable bonds is 0. The van der Waals surface area contributed by atoms with E-state index < -0.39 is 36.6 Å². The zero-order valence-corrected chi connectivity index (χ0v) is 11.0. The maximum absolute atomic E-state index is 7.17. The molecule has 0 bridgehead atoms. The van der Waals surface area contributed by atoms with Crippen molar-refractivity contribution >= 4 is 36.6 Å². The molecule has 0 unspecified atom stereocenters. The summed E-state index contributed by atoms with van der Waals surface area (Å²) in [5, 5.41) is 108. The average molecular weight is 343 g/mol. The Balaban J connectivity index is -0.0000000250. The van der Waals surface area contributed by atoms with Crippen molar-refractivity contribution in [2.45, 2.75) is 0 Å². The molecule has 0 aromatic rings. The first-order valence-corrected chi connectivity index (χ1v) is 3.87. The Labute approximate surface area is 125 Å². The van der Waals surface area contributed by atoms with Crippen molar-refractivity contribution in [3.63, 3.8) is 0 Å². The van der Waals surface area contributed by atoms with Crippen LogP contribution in [-0.2, 0) is 0 Å². The molecule has 0 radical (unpaired) electrons. The van der Waals surface area contributed by atoms with Crippen molar-refractivity contribution in [2.24, 2.45) is 0 Å². The van der Waals surface area contributed by atoms with E-state index in [2.05, 4.69) is 0 Å². The zero-order valence-electron chi connectivity index (χ0n) is 11.0. The standard InChI is InChI=1S/5BH3O3.2H3N/c5*2-1(3)4;;/h5*2-4H;2*1H3. The van der Waals surface area contributed by atoms with Crippen LogP contribution in [0.2, 0.25) is 0 Å². The molecular weight excluding hydrogens is 322 g/mol. The molecule has 0 atom stereocenters. The van der Waals surface area contributed by atoms with E-state index in [-0.39, 0.29) is 12.3 Å². The SMILES string of the molecule is N.N.OB(O)O.OB(O)O.OB(O)O.OB(O)O.OB(O)O. The zero-order chi connectivity index (χ0) is 17.9. The van der Waals surface area contributed by atoms with Crippen LogP contribution in [0, 0.1) is 0 Å². The third kappa shape index (κ3) is 54100. The van der Waals surface area contributed by atoms with E-state index in [1.807, 2.05) is 0 Å². The van der Waals surface area contributed by atoms with E-state index in [4.69, 9.17) is 75.4 Å². The highest BCUT2D eigenvalue weighted by Gasteiger charge is 1.94. The summed E-state index contributed by atoms with van der Waals surface area (Å²) in [4.78, 5) is 0. The molecule has 0 spiro atoms. The van der Waals surface area contributed by atoms with Crippen LogP contribution < -0.4 is 12.3 Å². The van der Waals surface area contributed by atoms with Gasteiger partial charge in [-0.05, 0) is 0 Å². The Morgan fingerprint density at radius 3 is 0.227 bits per heavy atom. The van der Waals surface area contributed by atoms with Gasteiger partial charge in [0, 0.05) is 0 Å². The number of hydrogen-bond acceptors (Lipinski definition) is 17. The minimum atomic E-state index is -2.17. The van der Waals surface area contributed by atoms with Crippen LogP contribution in [0.3, 0.4) is 0 Å². The van der Waals surface area contributed by atoms with Crippen LogP contribution in [0.25, 0.3) is 0 Å². The van der Waals surface area contributed by atoms with Gasteiger partial charge >= 0.3 is 36.6 Å². The first-order valence-electron chi connectivity index (χ1n) is 3.87. The van der Waals surface area contributed by atoms with E-state index in [1.165, 1.54) is 0 Å². The fraction of sp³-hybridized carbons (Fsp3) is 0. The second-order valence-electron chi connectivity index (χ2n) is 1.73. The Morgan fingerprint density at radius 1 is 0.227 bits per heavy atom. The minimum absolute atomic E-state index is 0. The van der Waals surface area contributed by atoms with Gasteiger partial charge in [-0.3, -0.25) is 0 Å². The first kappa shape index (κ1) is 43.0. The van der Waals surface area contributed by atoms with Crippen molar-refractivity contribution in [3.8, 4) is 0 Å². The first-order chi connectivity index (χ1) is 8.66. The Kier molecular flexibility index (Phi) is 72.6. The lowest BCUT2D eigenvalue weighted by Crippen LogP contribution is -2.07. The highest BCUT2D eigenvalue weighted by molar-refractivity contribution is 6.31. The summed E-state index contributed by atoms with van der Waals surface area (Å²) in [6.07, 6.45) is 0. The quantitative estimate of drug-likeness (QED) is 0.181. The molecule has 0 heterocycles. The molecule has 0 aliphatic heterocycles. The highest BCUT2D eigenvalue weighted by atomic mass is 16.5. The van der Waals surface area contributed by atoms with Crippen molar-refractivity contribution < 1.29 is 75.4 Å². The molecule has 22 heteroatoms. The summed E-state index contributed by atoms with van der Waals surface area (Å²) < 4.78 is 0. The molecule has 0 aliphatic carbocycles. The lowest BCUT2D eigenvalue weighted by molar-refractivity contribution is 0.276. The molecule has 0 saturated carbocycles. The van der Waals surface area contributed by atoms with Crippen LogP contribution in [-0.4, -0.2) is 112 Å². The van der Waals surface area contributed by atoms with Crippen LogP contribution in [0.5, 0.6) is 0 Å². The maximum Gasteiger partial charge on any atom is 0.631 e. The lowest BCUT2D eigenvalue weighted by atomic mass is 10.3. The topological polar surface area (TPSA) is 373 Å². The second kappa shape index (κ2) is 37.1. The summed E-state index contributed by atoms with van der Waals surface area (Å²) >= 11 is 0. The van der Waals surface area contributed by atoms with Crippen molar-refractivity contribution in [1.82, 2.24) is 12.3 Å². The molecular formula is H21B5N2O15. The second-order valence-corrected chi connectivity index (χ2v) is 1.73. The average Bonchev–Trinajstić information content (AvgIpc) is 1.94. The normalized spacial score (nSPS) is 6.14. The monoisotopic (exact) mass is 344 g/mol. The van der Waals surface area contributed by atoms with E-state index in [0.29, 0.717) is 0 Å².